The summed E-state index contributed by atoms with van der Waals surface area (Å²) in [5.41, 5.74) is 28.8. The van der Waals surface area contributed by atoms with Gasteiger partial charge in [0.05, 0.1) is 54.6 Å². The number of aliphatic hydroxyl groups is 8. The first kappa shape index (κ1) is 109. The zero-order valence-electron chi connectivity index (χ0n) is 79.6. The van der Waals surface area contributed by atoms with E-state index in [-0.39, 0.29) is 47.4 Å². The van der Waals surface area contributed by atoms with E-state index in [0.29, 0.717) is 89.6 Å². The van der Waals surface area contributed by atoms with Crippen molar-refractivity contribution >= 4 is 136 Å². The predicted molar refractivity (Wildman–Crippen MR) is 559 cm³/mol. The molecule has 14 rings (SSSR count). The highest BCUT2D eigenvalue weighted by Gasteiger charge is 2.64. The number of aliphatic hydroxyl groups excluding tert-OH is 8. The predicted octanol–water partition coefficient (Wildman–Crippen LogP) is 5.79. The molecule has 4 bridgehead atoms. The molecule has 13 heterocycles. The summed E-state index contributed by atoms with van der Waals surface area (Å²) in [5.74, 6) is 5.07. The van der Waals surface area contributed by atoms with E-state index in [1.807, 2.05) is 42.1 Å². The molecule has 41 heteroatoms. The number of ether oxygens (including phenoxy) is 7. The molecule has 7 saturated heterocycles. The maximum Gasteiger partial charge on any atom is 0.222 e. The molecular formula is C91H149BrN18O16P6. The van der Waals surface area contributed by atoms with E-state index in [0.717, 1.165) is 80.2 Å². The Balaban J connectivity index is 0.000000178. The van der Waals surface area contributed by atoms with Crippen LogP contribution in [0, 0.1) is 5.92 Å². The van der Waals surface area contributed by atoms with Gasteiger partial charge in [-0.05, 0) is 198 Å². The fourth-order valence-electron chi connectivity index (χ4n) is 16.4. The number of nitrogens with one attached hydrogen (secondary N) is 1. The van der Waals surface area contributed by atoms with Crippen LogP contribution in [-0.2, 0) is 38.0 Å². The first-order valence-corrected chi connectivity index (χ1v) is 63.1. The third-order valence-electron chi connectivity index (χ3n) is 24.2. The Morgan fingerprint density at radius 2 is 0.818 bits per heavy atom. The number of alkyl halides is 1. The van der Waals surface area contributed by atoms with E-state index in [1.54, 1.807) is 74.8 Å². The first-order valence-electron chi connectivity index (χ1n) is 43.9. The van der Waals surface area contributed by atoms with Crippen molar-refractivity contribution in [2.45, 2.75) is 192 Å². The molecule has 0 saturated carbocycles. The molecule has 19 N–H and O–H groups in total. The number of halogens is 1. The van der Waals surface area contributed by atoms with Gasteiger partial charge in [0.2, 0.25) is 5.91 Å². The number of nitrogens with zero attached hydrogens (tertiary/aromatic N) is 12. The van der Waals surface area contributed by atoms with Gasteiger partial charge in [-0.15, -0.1) is 79.1 Å². The van der Waals surface area contributed by atoms with Crippen molar-refractivity contribution < 1.29 is 78.8 Å². The van der Waals surface area contributed by atoms with Crippen molar-refractivity contribution in [2.75, 3.05) is 130 Å². The van der Waals surface area contributed by atoms with Crippen molar-refractivity contribution in [3.05, 3.63) is 159 Å². The van der Waals surface area contributed by atoms with E-state index in [4.69, 9.17) is 61.8 Å². The minimum Gasteiger partial charge on any atom is -0.390 e. The topological polar surface area (TPSA) is 479 Å². The Bertz CT molecular complexity index is 4970. The number of carbonyl (C=O) groups excluding carboxylic acids is 1. The zero-order valence-corrected chi connectivity index (χ0v) is 86.5. The molecule has 7 fully saturated rings. The normalized spacial score (nSPS) is 33.7. The molecule has 13 aliphatic heterocycles. The number of rotatable bonds is 24. The highest BCUT2D eigenvalue weighted by Crippen LogP contribution is 2.52. The molecule has 0 aromatic heterocycles. The molecule has 736 valence electrons. The van der Waals surface area contributed by atoms with Crippen LogP contribution in [0.4, 0.5) is 0 Å². The maximum atomic E-state index is 11.1. The first-order chi connectivity index (χ1) is 61.0. The van der Waals surface area contributed by atoms with Gasteiger partial charge in [-0.25, -0.2) is 30.0 Å². The summed E-state index contributed by atoms with van der Waals surface area (Å²) in [5, 5.41) is 85.8. The number of hydrogen-bond donors (Lipinski definition) is 14. The molecule has 132 heavy (non-hydrogen) atoms. The standard InChI is InChI=1S/C16H26N3O4P.C16H26N3O3P.C15H24N3O3P.C15H26N3O2P.C15H24N3O2P.C14H23BrN3O2P/c1-10-17-13(18-11(2)20)6-8-19(10)16-15(22)14(21)12(23-16)7-9-24(3,4)5;1-10-8-19(11(2)18-14(10)17)15-12-13(20)16(22-15,9-21-12)6-7-23(3,4)5;1-10-17-11(16)5-7-18(10)14-12-13(19)15(21-14,9-20-12)6-8-22(2,3)4;1-10-14(19)12(7-9-21(3,4)5)20-15(10)18-8-6-13(16)17-11(18)2;1-10-17-13(16)5-7-18(10)12-9-11(14(19)15(12)20)6-8-21(2,3)4;1-9-17-11(16)5-7-18(9)14-12(15)13(19)10(20-14)6-8-21(2,3)4/h6,8,12,14-16,21-22H,1,3,7,9H2,2,4-5H3,(H,17,18,20);8,12-13,15,20H,2-3,6-7,9H2,1,4-5H3,(H2,17,18);5,7,12-14,19H,1-2,6,8-9H2,3-4H3,(H2,16,17);6,8,10,12,14-15,19H,2-3,7,9H2,1,4-5H3,(H2,16,17);5,7,9,12,14-15,19-20H,1-2,6,8H2,3-4H3,(H2,16,17);5,7,10,12-14,19H,1-2,6,8H2,3-4H3,(H2,16,17)/t12-,14-,15-,16-;12-,13+,15-,16+;12-,13+,14-,15+;10-,12-,14+,15-;12-,14-,15+;10-,12-,13-,14-/m111111/s1. The lowest BCUT2D eigenvalue weighted by atomic mass is 9.96. The monoisotopic (exact) mass is 2010 g/mol. The van der Waals surface area contributed by atoms with E-state index in [1.165, 1.54) is 6.92 Å². The summed E-state index contributed by atoms with van der Waals surface area (Å²) in [7, 11) is 0. The molecule has 0 radical (unpaired) electrons. The molecule has 0 unspecified atom stereocenters. The van der Waals surface area contributed by atoms with E-state index >= 15 is 0 Å². The van der Waals surface area contributed by atoms with Gasteiger partial charge in [0.25, 0.3) is 0 Å². The largest absolute Gasteiger partial charge is 0.390 e. The summed E-state index contributed by atoms with van der Waals surface area (Å²) < 4.78 is 42.1. The van der Waals surface area contributed by atoms with Crippen molar-refractivity contribution in [1.29, 1.82) is 0 Å². The van der Waals surface area contributed by atoms with E-state index in [9.17, 15) is 45.6 Å². The van der Waals surface area contributed by atoms with Crippen molar-refractivity contribution in [1.82, 2.24) is 34.7 Å². The average Bonchev–Trinajstić information content (AvgIpc) is 1.57. The molecule has 0 aromatic carbocycles. The van der Waals surface area contributed by atoms with E-state index in [2.05, 4.69) is 208 Å². The molecule has 34 nitrogen and oxygen atoms in total. The summed E-state index contributed by atoms with van der Waals surface area (Å²) in [6.45, 7) is 48.4. The highest BCUT2D eigenvalue weighted by atomic mass is 79.9. The lowest BCUT2D eigenvalue weighted by Gasteiger charge is -2.37. The van der Waals surface area contributed by atoms with Crippen LogP contribution in [0.25, 0.3) is 0 Å². The van der Waals surface area contributed by atoms with Crippen LogP contribution in [0.15, 0.2) is 189 Å². The second kappa shape index (κ2) is 44.2. The number of hydrogen-bond acceptors (Lipinski definition) is 33. The van der Waals surface area contributed by atoms with Crippen LogP contribution >= 0.6 is 57.2 Å². The fraction of sp³-hybridized carbons (Fsp3) is 0.571. The lowest BCUT2D eigenvalue weighted by Crippen LogP contribution is -2.46. The highest BCUT2D eigenvalue weighted by molar-refractivity contribution is 9.09. The van der Waals surface area contributed by atoms with Gasteiger partial charge in [-0.1, -0.05) is 68.4 Å². The molecule has 0 spiro atoms. The van der Waals surface area contributed by atoms with Gasteiger partial charge in [0, 0.05) is 55.6 Å². The minimum absolute atomic E-state index is 0.0165. The summed E-state index contributed by atoms with van der Waals surface area (Å²) in [4.78, 5) is 46.3. The lowest BCUT2D eigenvalue weighted by molar-refractivity contribution is -0.181. The van der Waals surface area contributed by atoms with Gasteiger partial charge in [-0.2, -0.15) is 0 Å². The second-order valence-electron chi connectivity index (χ2n) is 39.9. The van der Waals surface area contributed by atoms with Crippen molar-refractivity contribution in [2.24, 2.45) is 64.5 Å². The number of amides is 1. The van der Waals surface area contributed by atoms with Crippen LogP contribution in [0.5, 0.6) is 0 Å². The number of fused-ring (bicyclic) bond motifs is 4. The number of carbonyl (C=O) groups is 1. The van der Waals surface area contributed by atoms with Crippen molar-refractivity contribution in [3.8, 4) is 0 Å². The Hall–Kier alpha value is -6.41. The SMILES string of the molecule is C=C1N=C(N)C(C)=CN1[C@@H]1O[C@@]2(CCP(=C)(C)C)CO[C@@H]1[C@@H]2O.C=C1N=C(N)C=CN1[C@@H]1C=C(CCP(=C)(C)C)[C@@H](O)[C@H]1O.C=C1N=C(N)C=CN1[C@@H]1O[C@@]2(CCP(=C)(C)C)CO[C@@H]1[C@@H]2O.C=C1N=C(N)C=CN1[C@@H]1O[C@H](CCP(=C)(C)C)[C@@H](O)[C@H]1Br.C=C1N=C(N)C=CN1[C@@H]1O[C@H](CCP(=C)(C)C)[C@@H](O)[C@H]1C.C=C1N=C(NC(C)=O)C=CN1[C@@H]1O[C@H](CCP(=C)(C)C)[C@@H](O)[C@H]1O. The Labute approximate surface area is 790 Å². The van der Waals surface area contributed by atoms with Gasteiger partial charge < -0.3 is 137 Å². The van der Waals surface area contributed by atoms with E-state index < -0.39 is 138 Å². The van der Waals surface area contributed by atoms with Crippen LogP contribution in [0.2, 0.25) is 0 Å². The fourth-order valence-corrected chi connectivity index (χ4v) is 22.8. The third kappa shape index (κ3) is 28.7. The number of amidine groups is 6. The molecule has 14 aliphatic rings. The second-order valence-corrected chi connectivity index (χ2v) is 66.9. The third-order valence-corrected chi connectivity index (χ3v) is 33.9. The summed E-state index contributed by atoms with van der Waals surface area (Å²) in [6, 6.07) is -0.359. The Morgan fingerprint density at radius 3 is 1.23 bits per heavy atom. The van der Waals surface area contributed by atoms with Crippen LogP contribution in [0.3, 0.4) is 0 Å². The summed E-state index contributed by atoms with van der Waals surface area (Å²) >= 11 is 3.53. The molecule has 23 atom stereocenters. The number of nitrogens with two attached hydrogens (primary N) is 5. The van der Waals surface area contributed by atoms with Crippen LogP contribution < -0.4 is 34.0 Å². The smallest absolute Gasteiger partial charge is 0.222 e. The molecule has 1 aliphatic carbocycles. The van der Waals surface area contributed by atoms with Crippen LogP contribution in [0.1, 0.15) is 59.3 Å². The molecule has 1 amide bonds. The van der Waals surface area contributed by atoms with Gasteiger partial charge in [0.15, 0.2) is 24.9 Å². The quantitative estimate of drug-likeness (QED) is 0.0309. The summed E-state index contributed by atoms with van der Waals surface area (Å²) in [6.07, 6.45) is 46.4. The van der Waals surface area contributed by atoms with Gasteiger partial charge in [0.1, 0.15) is 136 Å². The average molecular weight is 2020 g/mol. The Kier molecular flexibility index (Phi) is 36.5. The zero-order chi connectivity index (χ0) is 98.5. The van der Waals surface area contributed by atoms with Gasteiger partial charge >= 0.3 is 0 Å². The molecular weight excluding hydrogens is 1870 g/mol. The van der Waals surface area contributed by atoms with Gasteiger partial charge in [-0.3, -0.25) is 4.79 Å². The van der Waals surface area contributed by atoms with Crippen molar-refractivity contribution in [3.63, 3.8) is 0 Å². The maximum absolute atomic E-state index is 11.1. The minimum atomic E-state index is -1.23. The number of aliphatic imine (C=N–C) groups is 6. The Morgan fingerprint density at radius 1 is 0.462 bits per heavy atom. The molecule has 0 aromatic rings. The van der Waals surface area contributed by atoms with Crippen LogP contribution in [-0.4, -0.2) is 412 Å².